The van der Waals surface area contributed by atoms with Crippen molar-refractivity contribution in [2.75, 3.05) is 70.9 Å². The summed E-state index contributed by atoms with van der Waals surface area (Å²) in [5.74, 6) is -0.188. The number of carbonyl (C=O) groups excluding carboxylic acids is 2. The van der Waals surface area contributed by atoms with E-state index in [4.69, 9.17) is 29.8 Å². The number of nitrogens with one attached hydrogen (secondary N) is 2. The van der Waals surface area contributed by atoms with E-state index in [2.05, 4.69) is 17.6 Å². The maximum atomic E-state index is 12.2. The van der Waals surface area contributed by atoms with E-state index < -0.39 is 12.0 Å². The van der Waals surface area contributed by atoms with Crippen molar-refractivity contribution in [3.05, 3.63) is 0 Å². The molecule has 2 amide bonds. The summed E-state index contributed by atoms with van der Waals surface area (Å²) in [5.41, 5.74) is 6.01. The number of ether oxygens (including phenoxy) is 4. The largest absolute Gasteiger partial charge is 0.481 e. The van der Waals surface area contributed by atoms with E-state index in [-0.39, 0.29) is 30.9 Å². The van der Waals surface area contributed by atoms with Gasteiger partial charge in [0.05, 0.1) is 64.8 Å². The lowest BCUT2D eigenvalue weighted by molar-refractivity contribution is -0.138. The zero-order valence-electron chi connectivity index (χ0n) is 25.5. The van der Waals surface area contributed by atoms with Gasteiger partial charge >= 0.3 is 5.97 Å². The fourth-order valence-corrected chi connectivity index (χ4v) is 4.83. The van der Waals surface area contributed by atoms with Crippen molar-refractivity contribution in [3.63, 3.8) is 0 Å². The average molecular weight is 608 g/mol. The van der Waals surface area contributed by atoms with Crippen molar-refractivity contribution >= 4 is 29.5 Å². The number of nitrogens with two attached hydrogens (primary N) is 1. The van der Waals surface area contributed by atoms with Gasteiger partial charge in [-0.3, -0.25) is 14.4 Å². The molecule has 0 aliphatic heterocycles. The summed E-state index contributed by atoms with van der Waals surface area (Å²) in [4.78, 5) is 34.2. The highest BCUT2D eigenvalue weighted by Gasteiger charge is 2.16. The Morgan fingerprint density at radius 3 is 1.90 bits per heavy atom. The fraction of sp³-hybridized carbons (Fsp3) is 0.897. The molecule has 2 atom stereocenters. The van der Waals surface area contributed by atoms with Crippen molar-refractivity contribution in [3.8, 4) is 0 Å². The third-order valence-electron chi connectivity index (χ3n) is 6.07. The van der Waals surface area contributed by atoms with Crippen LogP contribution in [0.1, 0.15) is 84.5 Å². The highest BCUT2D eigenvalue weighted by Crippen LogP contribution is 2.11. The van der Waals surface area contributed by atoms with E-state index in [9.17, 15) is 14.4 Å². The Labute approximate surface area is 251 Å². The first-order valence-corrected chi connectivity index (χ1v) is 16.4. The Balaban J connectivity index is 3.75. The predicted molar refractivity (Wildman–Crippen MR) is 163 cm³/mol. The molecule has 0 fully saturated rings. The van der Waals surface area contributed by atoms with Gasteiger partial charge in [-0.15, -0.1) is 0 Å². The second kappa shape index (κ2) is 30.0. The number of hydrogen-bond acceptors (Lipinski definition) is 9. The van der Waals surface area contributed by atoms with Gasteiger partial charge in [-0.2, -0.15) is 11.8 Å². The van der Waals surface area contributed by atoms with E-state index in [1.807, 2.05) is 0 Å². The molecule has 11 nitrogen and oxygen atoms in total. The summed E-state index contributed by atoms with van der Waals surface area (Å²) in [5, 5.41) is 14.2. The Morgan fingerprint density at radius 1 is 0.756 bits per heavy atom. The number of unbranched alkanes of at least 4 members (excludes halogenated alkanes) is 9. The molecule has 0 heterocycles. The van der Waals surface area contributed by atoms with Crippen LogP contribution in [0.4, 0.5) is 0 Å². The molecule has 41 heavy (non-hydrogen) atoms. The van der Waals surface area contributed by atoms with Crippen molar-refractivity contribution in [2.24, 2.45) is 5.73 Å². The van der Waals surface area contributed by atoms with Crippen LogP contribution in [0.3, 0.4) is 0 Å². The van der Waals surface area contributed by atoms with Gasteiger partial charge in [0.25, 0.3) is 0 Å². The quantitative estimate of drug-likeness (QED) is 0.0863. The topological polar surface area (TPSA) is 158 Å². The smallest absolute Gasteiger partial charge is 0.305 e. The van der Waals surface area contributed by atoms with Gasteiger partial charge in [0.1, 0.15) is 0 Å². The molecule has 0 bridgehead atoms. The molecule has 5 N–H and O–H groups in total. The summed E-state index contributed by atoms with van der Waals surface area (Å²) in [6.45, 7) is 7.17. The normalized spacial score (nSPS) is 12.7. The summed E-state index contributed by atoms with van der Waals surface area (Å²) >= 11 is 1.52. The molecular formula is C29H57N3O8S. The highest BCUT2D eigenvalue weighted by atomic mass is 32.2. The van der Waals surface area contributed by atoms with Gasteiger partial charge in [-0.05, 0) is 6.42 Å². The summed E-state index contributed by atoms with van der Waals surface area (Å²) < 4.78 is 21.7. The number of carboxylic acids is 1. The number of thioether (sulfide) groups is 1. The SMILES string of the molecule is CCCCCCCCCCCCOC[C@H](CSC[C@H](N)C(=O)NCCOCCOCCOCCC(=O)O)NC(C)=O. The first-order valence-electron chi connectivity index (χ1n) is 15.3. The average Bonchev–Trinajstić information content (AvgIpc) is 2.93. The molecule has 0 aliphatic rings. The Bertz CT molecular complexity index is 645. The second-order valence-electron chi connectivity index (χ2n) is 10.1. The van der Waals surface area contributed by atoms with Crippen LogP contribution in [0.5, 0.6) is 0 Å². The van der Waals surface area contributed by atoms with Gasteiger partial charge in [0.2, 0.25) is 11.8 Å². The van der Waals surface area contributed by atoms with Gasteiger partial charge in [-0.25, -0.2) is 0 Å². The maximum Gasteiger partial charge on any atom is 0.305 e. The zero-order chi connectivity index (χ0) is 30.4. The minimum Gasteiger partial charge on any atom is -0.481 e. The van der Waals surface area contributed by atoms with Crippen molar-refractivity contribution in [2.45, 2.75) is 96.6 Å². The lowest BCUT2D eigenvalue weighted by Gasteiger charge is -2.19. The number of carboxylic acid groups (broad SMARTS) is 1. The molecule has 0 unspecified atom stereocenters. The monoisotopic (exact) mass is 607 g/mol. The van der Waals surface area contributed by atoms with Crippen molar-refractivity contribution in [1.29, 1.82) is 0 Å². The minimum atomic E-state index is -0.892. The summed E-state index contributed by atoms with van der Waals surface area (Å²) in [6, 6.07) is -0.780. The minimum absolute atomic E-state index is 0.0246. The molecule has 0 saturated heterocycles. The van der Waals surface area contributed by atoms with E-state index in [0.29, 0.717) is 64.3 Å². The molecule has 0 spiro atoms. The lowest BCUT2D eigenvalue weighted by atomic mass is 10.1. The van der Waals surface area contributed by atoms with Gasteiger partial charge in [-0.1, -0.05) is 64.7 Å². The third-order valence-corrected chi connectivity index (χ3v) is 7.30. The van der Waals surface area contributed by atoms with Gasteiger partial charge in [0, 0.05) is 31.6 Å². The highest BCUT2D eigenvalue weighted by molar-refractivity contribution is 7.99. The molecule has 0 aliphatic carbocycles. The third kappa shape index (κ3) is 29.8. The predicted octanol–water partition coefficient (Wildman–Crippen LogP) is 3.13. The van der Waals surface area contributed by atoms with Gasteiger partial charge in [0.15, 0.2) is 0 Å². The number of carbonyl (C=O) groups is 3. The second-order valence-corrected chi connectivity index (χ2v) is 11.1. The lowest BCUT2D eigenvalue weighted by Crippen LogP contribution is -2.44. The molecule has 12 heteroatoms. The van der Waals surface area contributed by atoms with Crippen LogP contribution in [0.15, 0.2) is 0 Å². The van der Waals surface area contributed by atoms with Crippen molar-refractivity contribution in [1.82, 2.24) is 10.6 Å². The van der Waals surface area contributed by atoms with Crippen LogP contribution in [0.25, 0.3) is 0 Å². The number of aliphatic carboxylic acids is 1. The van der Waals surface area contributed by atoms with Gasteiger partial charge < -0.3 is 40.4 Å². The molecule has 0 aromatic rings. The van der Waals surface area contributed by atoms with Crippen LogP contribution in [0, 0.1) is 0 Å². The maximum absolute atomic E-state index is 12.2. The van der Waals surface area contributed by atoms with Crippen LogP contribution in [-0.4, -0.2) is 106 Å². The van der Waals surface area contributed by atoms with Crippen molar-refractivity contribution < 1.29 is 38.4 Å². The molecule has 0 aromatic carbocycles. The summed E-state index contributed by atoms with van der Waals surface area (Å²) in [7, 11) is 0. The first-order chi connectivity index (χ1) is 19.9. The molecule has 0 saturated carbocycles. The first kappa shape index (κ1) is 39.6. The molecule has 0 radical (unpaired) electrons. The number of rotatable bonds is 31. The zero-order valence-corrected chi connectivity index (χ0v) is 26.3. The number of amides is 2. The fourth-order valence-electron chi connectivity index (χ4n) is 3.83. The Hall–Kier alpha value is -1.44. The molecule has 242 valence electrons. The Morgan fingerprint density at radius 2 is 1.32 bits per heavy atom. The number of hydrogen-bond donors (Lipinski definition) is 4. The molecule has 0 rings (SSSR count). The van der Waals surface area contributed by atoms with Crippen LogP contribution >= 0.6 is 11.8 Å². The van der Waals surface area contributed by atoms with Crippen LogP contribution < -0.4 is 16.4 Å². The van der Waals surface area contributed by atoms with E-state index in [0.717, 1.165) is 6.42 Å². The van der Waals surface area contributed by atoms with Crippen LogP contribution in [-0.2, 0) is 33.3 Å². The standard InChI is InChI=1S/C29H57N3O8S/c1-3-4-5-6-7-8-9-10-11-12-15-40-22-26(32-25(2)33)23-41-24-27(30)29(36)31-14-17-38-19-21-39-20-18-37-16-13-28(34)35/h26-27H,3-24,30H2,1-2H3,(H,31,36)(H,32,33)(H,34,35)/t26-,27+/m1/s1. The van der Waals surface area contributed by atoms with E-state index >= 15 is 0 Å². The van der Waals surface area contributed by atoms with E-state index in [1.165, 1.54) is 76.5 Å². The van der Waals surface area contributed by atoms with Crippen LogP contribution in [0.2, 0.25) is 0 Å². The molecule has 0 aromatic heterocycles. The van der Waals surface area contributed by atoms with E-state index in [1.54, 1.807) is 0 Å². The summed E-state index contributed by atoms with van der Waals surface area (Å²) in [6.07, 6.45) is 12.8. The molecular weight excluding hydrogens is 550 g/mol. The Kier molecular flexibility index (Phi) is 29.0.